The van der Waals surface area contributed by atoms with Gasteiger partial charge in [-0.05, 0) is 106 Å². The lowest BCUT2D eigenvalue weighted by Crippen LogP contribution is -2.58. The number of nitrogens with zero attached hydrogens (tertiary/aromatic N) is 2. The van der Waals surface area contributed by atoms with Crippen LogP contribution in [0.25, 0.3) is 0 Å². The van der Waals surface area contributed by atoms with E-state index in [1.54, 1.807) is 0 Å². The van der Waals surface area contributed by atoms with Crippen LogP contribution in [0.4, 0.5) is 0 Å². The van der Waals surface area contributed by atoms with Crippen molar-refractivity contribution >= 4 is 33.4 Å². The molecule has 0 radical (unpaired) electrons. The van der Waals surface area contributed by atoms with Crippen LogP contribution in [0.5, 0.6) is 0 Å². The quantitative estimate of drug-likeness (QED) is 0.0362. The number of carbonyl (C=O) groups is 2. The van der Waals surface area contributed by atoms with Crippen molar-refractivity contribution in [1.29, 1.82) is 0 Å². The Labute approximate surface area is 410 Å². The molecule has 0 saturated heterocycles. The van der Waals surface area contributed by atoms with Gasteiger partial charge in [0.25, 0.3) is 0 Å². The molecule has 0 rings (SSSR count). The lowest BCUT2D eigenvalue weighted by atomic mass is 10.0. The van der Waals surface area contributed by atoms with E-state index in [9.17, 15) is 9.59 Å². The zero-order chi connectivity index (χ0) is 47.6. The molecule has 64 heavy (non-hydrogen) atoms. The molecular weight excluding hydrogens is 825 g/mol. The van der Waals surface area contributed by atoms with Crippen molar-refractivity contribution in [2.75, 3.05) is 57.3 Å². The average molecular weight is 942 g/mol. The SMILES string of the molecule is CCC[N+](CCCCCCCCCCCCCCCC(=O)NCCCSSCCCNC(=O)CCCCCCCCCCCCCCC[N+](CC)(CC(C)C)C(C)C)(C(C)C)C(C)C. The molecule has 0 aliphatic carbocycles. The molecule has 0 spiro atoms. The molecule has 0 aromatic rings. The summed E-state index contributed by atoms with van der Waals surface area (Å²) in [5, 5.41) is 6.24. The van der Waals surface area contributed by atoms with Gasteiger partial charge in [-0.3, -0.25) is 9.59 Å². The van der Waals surface area contributed by atoms with Crippen LogP contribution in [0.1, 0.15) is 268 Å². The Bertz CT molecular complexity index is 1030. The summed E-state index contributed by atoms with van der Waals surface area (Å²) >= 11 is 0. The molecular formula is C56H116N4O2S2+2. The summed E-state index contributed by atoms with van der Waals surface area (Å²) in [5.74, 6) is 3.35. The van der Waals surface area contributed by atoms with Crippen LogP contribution in [0, 0.1) is 5.92 Å². The molecule has 0 aliphatic heterocycles. The summed E-state index contributed by atoms with van der Waals surface area (Å²) in [7, 11) is 3.78. The van der Waals surface area contributed by atoms with Gasteiger partial charge < -0.3 is 19.6 Å². The van der Waals surface area contributed by atoms with Crippen molar-refractivity contribution in [2.24, 2.45) is 5.92 Å². The van der Waals surface area contributed by atoms with Gasteiger partial charge >= 0.3 is 0 Å². The topological polar surface area (TPSA) is 58.2 Å². The summed E-state index contributed by atoms with van der Waals surface area (Å²) in [6.07, 6.45) is 39.5. The Kier molecular flexibility index (Phi) is 43.5. The van der Waals surface area contributed by atoms with Crippen molar-refractivity contribution in [3.63, 3.8) is 0 Å². The van der Waals surface area contributed by atoms with Crippen LogP contribution in [-0.4, -0.2) is 96.2 Å². The third kappa shape index (κ3) is 34.8. The molecule has 0 bridgehead atoms. The van der Waals surface area contributed by atoms with Gasteiger partial charge in [-0.2, -0.15) is 0 Å². The minimum atomic E-state index is 0.224. The van der Waals surface area contributed by atoms with Crippen molar-refractivity contribution in [3.05, 3.63) is 0 Å². The second kappa shape index (κ2) is 43.8. The predicted octanol–water partition coefficient (Wildman–Crippen LogP) is 16.2. The summed E-state index contributed by atoms with van der Waals surface area (Å²) < 4.78 is 2.60. The fourth-order valence-electron chi connectivity index (χ4n) is 10.4. The number of nitrogens with one attached hydrogen (secondary N) is 2. The maximum absolute atomic E-state index is 12.2. The first-order valence-electron chi connectivity index (χ1n) is 28.4. The number of carbonyl (C=O) groups excluding carboxylic acids is 2. The molecule has 0 aliphatic rings. The zero-order valence-electron chi connectivity index (χ0n) is 45.1. The highest BCUT2D eigenvalue weighted by Gasteiger charge is 2.33. The second-order valence-corrected chi connectivity index (χ2v) is 24.1. The predicted molar refractivity (Wildman–Crippen MR) is 291 cm³/mol. The van der Waals surface area contributed by atoms with Crippen molar-refractivity contribution < 1.29 is 18.6 Å². The number of hydrogen-bond donors (Lipinski definition) is 2. The van der Waals surface area contributed by atoms with Crippen molar-refractivity contribution in [3.8, 4) is 0 Å². The Hall–Kier alpha value is -0.440. The number of amides is 2. The summed E-state index contributed by atoms with van der Waals surface area (Å²) in [4.78, 5) is 24.5. The van der Waals surface area contributed by atoms with E-state index in [-0.39, 0.29) is 11.8 Å². The van der Waals surface area contributed by atoms with Crippen LogP contribution in [0.2, 0.25) is 0 Å². The monoisotopic (exact) mass is 941 g/mol. The van der Waals surface area contributed by atoms with Crippen LogP contribution in [-0.2, 0) is 9.59 Å². The number of hydrogen-bond acceptors (Lipinski definition) is 4. The molecule has 382 valence electrons. The lowest BCUT2D eigenvalue weighted by Gasteiger charge is -2.46. The van der Waals surface area contributed by atoms with E-state index in [1.807, 2.05) is 21.6 Å². The highest BCUT2D eigenvalue weighted by molar-refractivity contribution is 8.76. The van der Waals surface area contributed by atoms with E-state index >= 15 is 0 Å². The van der Waals surface area contributed by atoms with Gasteiger partial charge in [0.1, 0.15) is 0 Å². The van der Waals surface area contributed by atoms with Crippen LogP contribution >= 0.6 is 21.6 Å². The molecule has 0 fully saturated rings. The maximum Gasteiger partial charge on any atom is 0.219 e. The molecule has 0 saturated carbocycles. The first-order chi connectivity index (χ1) is 30.9. The Balaban J connectivity index is 3.44. The maximum atomic E-state index is 12.2. The highest BCUT2D eigenvalue weighted by atomic mass is 33.1. The fourth-order valence-corrected chi connectivity index (χ4v) is 12.6. The second-order valence-electron chi connectivity index (χ2n) is 21.4. The van der Waals surface area contributed by atoms with Crippen molar-refractivity contribution in [2.45, 2.75) is 286 Å². The van der Waals surface area contributed by atoms with E-state index in [4.69, 9.17) is 0 Å². The van der Waals surface area contributed by atoms with E-state index in [2.05, 4.69) is 79.9 Å². The molecule has 0 heterocycles. The smallest absolute Gasteiger partial charge is 0.219 e. The van der Waals surface area contributed by atoms with E-state index in [1.165, 1.54) is 202 Å². The third-order valence-electron chi connectivity index (χ3n) is 14.7. The van der Waals surface area contributed by atoms with E-state index < -0.39 is 0 Å². The van der Waals surface area contributed by atoms with Crippen LogP contribution < -0.4 is 10.6 Å². The third-order valence-corrected chi connectivity index (χ3v) is 17.3. The van der Waals surface area contributed by atoms with E-state index in [0.29, 0.717) is 12.8 Å². The zero-order valence-corrected chi connectivity index (χ0v) is 46.8. The number of rotatable bonds is 49. The van der Waals surface area contributed by atoms with Crippen LogP contribution in [0.3, 0.4) is 0 Å². The minimum absolute atomic E-state index is 0.224. The molecule has 2 N–H and O–H groups in total. The van der Waals surface area contributed by atoms with Gasteiger partial charge in [0, 0.05) is 43.4 Å². The summed E-state index contributed by atoms with van der Waals surface area (Å²) in [6, 6.07) is 2.19. The first kappa shape index (κ1) is 63.6. The van der Waals surface area contributed by atoms with Gasteiger partial charge in [0.15, 0.2) is 0 Å². The Morgan fingerprint density at radius 3 is 1.03 bits per heavy atom. The van der Waals surface area contributed by atoms with Gasteiger partial charge in [-0.1, -0.05) is 171 Å². The molecule has 6 nitrogen and oxygen atoms in total. The number of unbranched alkanes of at least 4 members (excludes halogenated alkanes) is 24. The fraction of sp³-hybridized carbons (Fsp3) is 0.964. The number of quaternary nitrogens is 2. The Morgan fingerprint density at radius 1 is 0.406 bits per heavy atom. The molecule has 0 aromatic heterocycles. The first-order valence-corrected chi connectivity index (χ1v) is 30.9. The van der Waals surface area contributed by atoms with Gasteiger partial charge in [0.2, 0.25) is 11.8 Å². The summed E-state index contributed by atoms with van der Waals surface area (Å²) in [6.45, 7) is 32.3. The highest BCUT2D eigenvalue weighted by Crippen LogP contribution is 2.24. The average Bonchev–Trinajstić information content (AvgIpc) is 3.25. The Morgan fingerprint density at radius 2 is 0.734 bits per heavy atom. The van der Waals surface area contributed by atoms with Gasteiger partial charge in [-0.15, -0.1) is 0 Å². The molecule has 1 atom stereocenters. The van der Waals surface area contributed by atoms with Crippen LogP contribution in [0.15, 0.2) is 0 Å². The molecule has 2 amide bonds. The minimum Gasteiger partial charge on any atom is -0.356 e. The molecule has 1 unspecified atom stereocenters. The van der Waals surface area contributed by atoms with Gasteiger partial charge in [-0.25, -0.2) is 0 Å². The van der Waals surface area contributed by atoms with E-state index in [0.717, 1.165) is 74.3 Å². The van der Waals surface area contributed by atoms with Crippen molar-refractivity contribution in [1.82, 2.24) is 10.6 Å². The lowest BCUT2D eigenvalue weighted by molar-refractivity contribution is -0.967. The largest absolute Gasteiger partial charge is 0.356 e. The molecule has 8 heteroatoms. The standard InChI is InChI=1S/C56H114N4O2S2/c1-11-45-60(53(7)8,54(9)10)47-38-34-30-26-22-18-14-16-20-24-28-32-36-42-56(62)58-44-40-49-64-63-48-39-43-57-55(61)41-35-31-27-23-19-15-13-17-21-25-29-33-37-46-59(12-2,52(5)6)50-51(3)4/h51-54H,11-50H2,1-10H3/p+2. The summed E-state index contributed by atoms with van der Waals surface area (Å²) in [5.41, 5.74) is 0. The normalized spacial score (nSPS) is 13.2. The molecule has 0 aromatic carbocycles. The van der Waals surface area contributed by atoms with Gasteiger partial charge in [0.05, 0.1) is 50.8 Å².